The van der Waals surface area contributed by atoms with E-state index in [0.29, 0.717) is 24.7 Å². The molecule has 0 unspecified atom stereocenters. The summed E-state index contributed by atoms with van der Waals surface area (Å²) in [5, 5.41) is 6.59. The summed E-state index contributed by atoms with van der Waals surface area (Å²) in [6.45, 7) is 6.96. The Morgan fingerprint density at radius 3 is 2.56 bits per heavy atom. The van der Waals surface area contributed by atoms with Gasteiger partial charge in [-0.15, -0.1) is 0 Å². The smallest absolute Gasteiger partial charge is 0.265 e. The third kappa shape index (κ3) is 7.01. The molecule has 0 saturated carbocycles. The minimum atomic E-state index is -0.269. The van der Waals surface area contributed by atoms with Gasteiger partial charge in [-0.2, -0.15) is 0 Å². The fraction of sp³-hybridized carbons (Fsp3) is 0.333. The lowest BCUT2D eigenvalue weighted by atomic mass is 10.2. The number of benzene rings is 2. The molecular formula is C21H26N2O4. The fourth-order valence-corrected chi connectivity index (χ4v) is 2.23. The van der Waals surface area contributed by atoms with Gasteiger partial charge in [-0.1, -0.05) is 29.8 Å². The van der Waals surface area contributed by atoms with Crippen molar-refractivity contribution in [2.75, 3.05) is 25.1 Å². The Balaban J connectivity index is 1.86. The number of hydrogen-bond acceptors (Lipinski definition) is 5. The van der Waals surface area contributed by atoms with E-state index in [2.05, 4.69) is 10.5 Å². The number of amides is 1. The second-order valence-electron chi connectivity index (χ2n) is 5.91. The predicted molar refractivity (Wildman–Crippen MR) is 107 cm³/mol. The molecule has 0 fully saturated rings. The van der Waals surface area contributed by atoms with Crippen LogP contribution >= 0.6 is 0 Å². The van der Waals surface area contributed by atoms with Gasteiger partial charge in [0, 0.05) is 11.3 Å². The highest BCUT2D eigenvalue weighted by atomic mass is 16.6. The van der Waals surface area contributed by atoms with E-state index in [1.807, 2.05) is 63.2 Å². The first-order chi connectivity index (χ1) is 13.1. The third-order valence-electron chi connectivity index (χ3n) is 3.54. The Hall–Kier alpha value is -3.02. The molecule has 0 spiro atoms. The molecule has 0 atom stereocenters. The zero-order valence-electron chi connectivity index (χ0n) is 16.0. The minimum absolute atomic E-state index is 0.166. The summed E-state index contributed by atoms with van der Waals surface area (Å²) in [5.41, 5.74) is 2.65. The van der Waals surface area contributed by atoms with Crippen LogP contribution in [0.4, 0.5) is 5.69 Å². The van der Waals surface area contributed by atoms with Gasteiger partial charge < -0.3 is 19.6 Å². The normalized spacial score (nSPS) is 10.6. The molecule has 27 heavy (non-hydrogen) atoms. The van der Waals surface area contributed by atoms with Crippen molar-refractivity contribution in [3.05, 3.63) is 53.6 Å². The highest BCUT2D eigenvalue weighted by Gasteiger charge is 2.06. The second kappa shape index (κ2) is 10.9. The predicted octanol–water partition coefficient (Wildman–Crippen LogP) is 4.17. The average molecular weight is 370 g/mol. The molecule has 2 aromatic rings. The molecule has 0 radical (unpaired) electrons. The van der Waals surface area contributed by atoms with Crippen molar-refractivity contribution in [2.45, 2.75) is 27.2 Å². The van der Waals surface area contributed by atoms with Crippen molar-refractivity contribution in [2.24, 2.45) is 5.16 Å². The molecule has 2 rings (SSSR count). The first-order valence-corrected chi connectivity index (χ1v) is 9.04. The molecule has 0 saturated heterocycles. The first kappa shape index (κ1) is 20.3. The molecule has 1 amide bonds. The van der Waals surface area contributed by atoms with Crippen LogP contribution in [0.1, 0.15) is 31.4 Å². The second-order valence-corrected chi connectivity index (χ2v) is 5.91. The topological polar surface area (TPSA) is 69.2 Å². The van der Waals surface area contributed by atoms with Gasteiger partial charge in [-0.3, -0.25) is 4.79 Å². The Morgan fingerprint density at radius 1 is 1.07 bits per heavy atom. The van der Waals surface area contributed by atoms with Crippen LogP contribution in [0.3, 0.4) is 0 Å². The summed E-state index contributed by atoms with van der Waals surface area (Å²) >= 11 is 0. The average Bonchev–Trinajstić information content (AvgIpc) is 2.66. The number of nitrogens with zero attached hydrogens (tertiary/aromatic N) is 1. The zero-order valence-corrected chi connectivity index (χ0v) is 16.0. The van der Waals surface area contributed by atoms with E-state index < -0.39 is 0 Å². The molecule has 0 aromatic heterocycles. The summed E-state index contributed by atoms with van der Waals surface area (Å²) < 4.78 is 11.3. The van der Waals surface area contributed by atoms with Crippen molar-refractivity contribution < 1.29 is 19.1 Å². The molecule has 1 N–H and O–H groups in total. The van der Waals surface area contributed by atoms with Crippen molar-refractivity contribution in [3.63, 3.8) is 0 Å². The van der Waals surface area contributed by atoms with E-state index in [0.717, 1.165) is 23.2 Å². The Kier molecular flexibility index (Phi) is 8.16. The van der Waals surface area contributed by atoms with Crippen LogP contribution in [0.5, 0.6) is 11.5 Å². The summed E-state index contributed by atoms with van der Waals surface area (Å²) in [7, 11) is 0. The lowest BCUT2D eigenvalue weighted by Crippen LogP contribution is -2.16. The number of hydrogen-bond donors (Lipinski definition) is 1. The minimum Gasteiger partial charge on any atom is -0.490 e. The van der Waals surface area contributed by atoms with Gasteiger partial charge in [0.05, 0.1) is 19.4 Å². The maximum Gasteiger partial charge on any atom is 0.265 e. The van der Waals surface area contributed by atoms with E-state index in [9.17, 15) is 4.79 Å². The van der Waals surface area contributed by atoms with Crippen LogP contribution in [0.15, 0.2) is 47.6 Å². The van der Waals surface area contributed by atoms with Crippen molar-refractivity contribution in [1.29, 1.82) is 0 Å². The highest BCUT2D eigenvalue weighted by molar-refractivity contribution is 5.91. The van der Waals surface area contributed by atoms with Gasteiger partial charge >= 0.3 is 0 Å². The molecule has 0 bridgehead atoms. The number of rotatable bonds is 10. The van der Waals surface area contributed by atoms with E-state index in [-0.39, 0.29) is 12.5 Å². The lowest BCUT2D eigenvalue weighted by Gasteiger charge is -2.11. The van der Waals surface area contributed by atoms with Crippen LogP contribution < -0.4 is 14.8 Å². The van der Waals surface area contributed by atoms with E-state index >= 15 is 0 Å². The number of aryl methyl sites for hydroxylation is 1. The standard InChI is InChI=1S/C21H26N2O4/c1-4-12-26-19-11-8-17(13-20(19)25-5-2)14-22-27-15-21(24)23-18-9-6-16(3)7-10-18/h6-11,13-14H,4-5,12,15H2,1-3H3,(H,23,24). The number of ether oxygens (including phenoxy) is 2. The fourth-order valence-electron chi connectivity index (χ4n) is 2.23. The first-order valence-electron chi connectivity index (χ1n) is 9.04. The zero-order chi connectivity index (χ0) is 19.5. The largest absolute Gasteiger partial charge is 0.490 e. The molecule has 0 heterocycles. The Morgan fingerprint density at radius 2 is 1.85 bits per heavy atom. The molecule has 6 heteroatoms. The van der Waals surface area contributed by atoms with Crippen molar-refractivity contribution in [1.82, 2.24) is 0 Å². The lowest BCUT2D eigenvalue weighted by molar-refractivity contribution is -0.120. The number of anilines is 1. The summed E-state index contributed by atoms with van der Waals surface area (Å²) in [6, 6.07) is 13.1. The van der Waals surface area contributed by atoms with Gasteiger partial charge in [0.2, 0.25) is 0 Å². The van der Waals surface area contributed by atoms with Gasteiger partial charge in [0.1, 0.15) is 0 Å². The molecule has 0 aliphatic heterocycles. The van der Waals surface area contributed by atoms with E-state index in [4.69, 9.17) is 14.3 Å². The molecular weight excluding hydrogens is 344 g/mol. The quantitative estimate of drug-likeness (QED) is 0.503. The molecule has 144 valence electrons. The van der Waals surface area contributed by atoms with Gasteiger partial charge in [0.15, 0.2) is 18.1 Å². The molecule has 2 aromatic carbocycles. The molecule has 0 aliphatic rings. The van der Waals surface area contributed by atoms with Gasteiger partial charge in [-0.25, -0.2) is 0 Å². The SMILES string of the molecule is CCCOc1ccc(C=NOCC(=O)Nc2ccc(C)cc2)cc1OCC. The summed E-state index contributed by atoms with van der Waals surface area (Å²) in [4.78, 5) is 16.9. The maximum atomic E-state index is 11.8. The third-order valence-corrected chi connectivity index (χ3v) is 3.54. The Labute approximate surface area is 160 Å². The number of nitrogens with one attached hydrogen (secondary N) is 1. The van der Waals surface area contributed by atoms with Crippen LogP contribution in [0.2, 0.25) is 0 Å². The van der Waals surface area contributed by atoms with E-state index in [1.165, 1.54) is 6.21 Å². The number of carbonyl (C=O) groups excluding carboxylic acids is 1. The van der Waals surface area contributed by atoms with Crippen LogP contribution in [0, 0.1) is 6.92 Å². The number of carbonyl (C=O) groups is 1. The van der Waals surface area contributed by atoms with Crippen LogP contribution in [-0.2, 0) is 9.63 Å². The summed E-state index contributed by atoms with van der Waals surface area (Å²) in [5.74, 6) is 1.09. The monoisotopic (exact) mass is 370 g/mol. The van der Waals surface area contributed by atoms with Crippen molar-refractivity contribution >= 4 is 17.8 Å². The van der Waals surface area contributed by atoms with Crippen molar-refractivity contribution in [3.8, 4) is 11.5 Å². The van der Waals surface area contributed by atoms with Gasteiger partial charge in [-0.05, 0) is 50.6 Å². The maximum absolute atomic E-state index is 11.8. The molecule has 0 aliphatic carbocycles. The van der Waals surface area contributed by atoms with Crippen LogP contribution in [0.25, 0.3) is 0 Å². The number of oxime groups is 1. The van der Waals surface area contributed by atoms with Gasteiger partial charge in [0.25, 0.3) is 5.91 Å². The summed E-state index contributed by atoms with van der Waals surface area (Å²) in [6.07, 6.45) is 2.46. The molecule has 6 nitrogen and oxygen atoms in total. The Bertz CT molecular complexity index is 757. The highest BCUT2D eigenvalue weighted by Crippen LogP contribution is 2.28. The van der Waals surface area contributed by atoms with Crippen LogP contribution in [-0.4, -0.2) is 31.9 Å². The van der Waals surface area contributed by atoms with E-state index in [1.54, 1.807) is 0 Å².